The minimum Gasteiger partial charge on any atom is -0.332 e. The maximum atomic E-state index is 12.3. The van der Waals surface area contributed by atoms with Gasteiger partial charge >= 0.3 is 0 Å². The Labute approximate surface area is 95.7 Å². The molecule has 2 heterocycles. The van der Waals surface area contributed by atoms with Crippen LogP contribution in [0.1, 0.15) is 43.6 Å². The third kappa shape index (κ3) is 2.05. The Morgan fingerprint density at radius 1 is 1.38 bits per heavy atom. The summed E-state index contributed by atoms with van der Waals surface area (Å²) in [6, 6.07) is 2.30. The van der Waals surface area contributed by atoms with Gasteiger partial charge in [-0.1, -0.05) is 0 Å². The number of likely N-dealkylation sites (tertiary alicyclic amines) is 1. The van der Waals surface area contributed by atoms with E-state index in [-0.39, 0.29) is 5.91 Å². The summed E-state index contributed by atoms with van der Waals surface area (Å²) < 4.78 is 0. The molecule has 1 aromatic rings. The second-order valence-corrected chi connectivity index (χ2v) is 4.44. The Bertz CT molecular complexity index is 356. The average Bonchev–Trinajstić information content (AvgIpc) is 2.30. The van der Waals surface area contributed by atoms with Crippen LogP contribution in [0.15, 0.2) is 18.6 Å². The van der Waals surface area contributed by atoms with Gasteiger partial charge in [0.1, 0.15) is 12.0 Å². The Morgan fingerprint density at radius 3 is 2.62 bits per heavy atom. The quantitative estimate of drug-likeness (QED) is 0.724. The highest BCUT2D eigenvalue weighted by molar-refractivity contribution is 5.92. The first-order chi connectivity index (χ1) is 7.70. The number of hydrogen-bond donors (Lipinski definition) is 0. The lowest BCUT2D eigenvalue weighted by molar-refractivity contribution is 0.0504. The monoisotopic (exact) mass is 219 g/mol. The summed E-state index contributed by atoms with van der Waals surface area (Å²) in [4.78, 5) is 22.1. The molecule has 2 rings (SSSR count). The van der Waals surface area contributed by atoms with Crippen molar-refractivity contribution in [2.45, 2.75) is 45.2 Å². The molecule has 0 radical (unpaired) electrons. The van der Waals surface area contributed by atoms with Crippen LogP contribution < -0.4 is 0 Å². The lowest BCUT2D eigenvalue weighted by atomic mass is 9.97. The second kappa shape index (κ2) is 4.60. The number of nitrogens with zero attached hydrogens (tertiary/aromatic N) is 3. The summed E-state index contributed by atoms with van der Waals surface area (Å²) in [6.45, 7) is 4.21. The van der Waals surface area contributed by atoms with Crippen LogP contribution in [0, 0.1) is 0 Å². The molecule has 4 nitrogen and oxygen atoms in total. The molecule has 0 saturated carbocycles. The van der Waals surface area contributed by atoms with Crippen LogP contribution in [0.5, 0.6) is 0 Å². The first kappa shape index (κ1) is 11.0. The predicted molar refractivity (Wildman–Crippen MR) is 61.0 cm³/mol. The van der Waals surface area contributed by atoms with Crippen LogP contribution in [0.25, 0.3) is 0 Å². The van der Waals surface area contributed by atoms with E-state index in [4.69, 9.17) is 0 Å². The number of hydrogen-bond acceptors (Lipinski definition) is 3. The third-order valence-electron chi connectivity index (χ3n) is 3.23. The van der Waals surface area contributed by atoms with Gasteiger partial charge in [-0.2, -0.15) is 0 Å². The van der Waals surface area contributed by atoms with Gasteiger partial charge in [-0.25, -0.2) is 9.97 Å². The molecule has 0 aromatic carbocycles. The van der Waals surface area contributed by atoms with Crippen molar-refractivity contribution in [1.82, 2.24) is 14.9 Å². The first-order valence-corrected chi connectivity index (χ1v) is 5.79. The fourth-order valence-electron chi connectivity index (χ4n) is 2.37. The van der Waals surface area contributed by atoms with Crippen LogP contribution in [-0.4, -0.2) is 32.9 Å². The molecule has 86 valence electrons. The summed E-state index contributed by atoms with van der Waals surface area (Å²) >= 11 is 0. The lowest BCUT2D eigenvalue weighted by Gasteiger charge is -2.38. The molecule has 2 unspecified atom stereocenters. The van der Waals surface area contributed by atoms with E-state index in [9.17, 15) is 4.79 Å². The van der Waals surface area contributed by atoms with E-state index >= 15 is 0 Å². The molecule has 0 bridgehead atoms. The summed E-state index contributed by atoms with van der Waals surface area (Å²) in [7, 11) is 0. The number of carbonyl (C=O) groups is 1. The standard InChI is InChI=1S/C12H17N3O/c1-9-4-3-5-10(2)15(9)12(16)11-6-7-13-8-14-11/h6-10H,3-5H2,1-2H3. The van der Waals surface area contributed by atoms with E-state index in [1.165, 1.54) is 12.7 Å². The molecule has 1 aliphatic rings. The summed E-state index contributed by atoms with van der Waals surface area (Å²) in [5, 5.41) is 0. The topological polar surface area (TPSA) is 46.1 Å². The van der Waals surface area contributed by atoms with Gasteiger partial charge in [0.25, 0.3) is 5.91 Å². The Kier molecular flexibility index (Phi) is 3.17. The highest BCUT2D eigenvalue weighted by Crippen LogP contribution is 2.23. The first-order valence-electron chi connectivity index (χ1n) is 5.79. The van der Waals surface area contributed by atoms with Gasteiger partial charge in [0.05, 0.1) is 0 Å². The number of amides is 1. The normalized spacial score (nSPS) is 25.5. The highest BCUT2D eigenvalue weighted by Gasteiger charge is 2.29. The molecule has 4 heteroatoms. The molecular weight excluding hydrogens is 202 g/mol. The van der Waals surface area contributed by atoms with Crippen LogP contribution >= 0.6 is 0 Å². The number of carbonyl (C=O) groups excluding carboxylic acids is 1. The molecule has 0 aliphatic carbocycles. The van der Waals surface area contributed by atoms with Gasteiger partial charge in [-0.3, -0.25) is 4.79 Å². The van der Waals surface area contributed by atoms with Crippen molar-refractivity contribution >= 4 is 5.91 Å². The second-order valence-electron chi connectivity index (χ2n) is 4.44. The van der Waals surface area contributed by atoms with E-state index in [2.05, 4.69) is 23.8 Å². The van der Waals surface area contributed by atoms with Gasteiger partial charge in [0.15, 0.2) is 0 Å². The molecule has 0 spiro atoms. The Balaban J connectivity index is 2.20. The zero-order valence-electron chi connectivity index (χ0n) is 9.76. The van der Waals surface area contributed by atoms with Crippen molar-refractivity contribution in [3.8, 4) is 0 Å². The summed E-state index contributed by atoms with van der Waals surface area (Å²) in [5.41, 5.74) is 0.496. The molecule has 0 N–H and O–H groups in total. The summed E-state index contributed by atoms with van der Waals surface area (Å²) in [5.74, 6) is 0.0297. The van der Waals surface area contributed by atoms with Gasteiger partial charge in [-0.05, 0) is 39.2 Å². The van der Waals surface area contributed by atoms with Crippen molar-refractivity contribution in [1.29, 1.82) is 0 Å². The molecule has 1 amide bonds. The highest BCUT2D eigenvalue weighted by atomic mass is 16.2. The molecule has 1 aromatic heterocycles. The minimum atomic E-state index is 0.0297. The number of rotatable bonds is 1. The number of piperidine rings is 1. The van der Waals surface area contributed by atoms with E-state index < -0.39 is 0 Å². The van der Waals surface area contributed by atoms with Gasteiger partial charge < -0.3 is 4.90 Å². The fourth-order valence-corrected chi connectivity index (χ4v) is 2.37. The fraction of sp³-hybridized carbons (Fsp3) is 0.583. The zero-order chi connectivity index (χ0) is 11.5. The predicted octanol–water partition coefficient (Wildman–Crippen LogP) is 1.88. The van der Waals surface area contributed by atoms with Crippen LogP contribution in [-0.2, 0) is 0 Å². The van der Waals surface area contributed by atoms with E-state index in [1.54, 1.807) is 12.3 Å². The van der Waals surface area contributed by atoms with Crippen LogP contribution in [0.2, 0.25) is 0 Å². The minimum absolute atomic E-state index is 0.0297. The Hall–Kier alpha value is -1.45. The Morgan fingerprint density at radius 2 is 2.06 bits per heavy atom. The lowest BCUT2D eigenvalue weighted by Crippen LogP contribution is -2.47. The van der Waals surface area contributed by atoms with Crippen molar-refractivity contribution in [2.75, 3.05) is 0 Å². The number of aromatic nitrogens is 2. The van der Waals surface area contributed by atoms with Crippen molar-refractivity contribution in [2.24, 2.45) is 0 Å². The summed E-state index contributed by atoms with van der Waals surface area (Å²) in [6.07, 6.45) is 6.41. The smallest absolute Gasteiger partial charge is 0.273 e. The van der Waals surface area contributed by atoms with E-state index in [0.717, 1.165) is 12.8 Å². The van der Waals surface area contributed by atoms with E-state index in [0.29, 0.717) is 17.8 Å². The van der Waals surface area contributed by atoms with Crippen molar-refractivity contribution in [3.63, 3.8) is 0 Å². The molecule has 1 fully saturated rings. The molecule has 16 heavy (non-hydrogen) atoms. The maximum absolute atomic E-state index is 12.3. The van der Waals surface area contributed by atoms with Gasteiger partial charge in [0.2, 0.25) is 0 Å². The van der Waals surface area contributed by atoms with E-state index in [1.807, 2.05) is 4.90 Å². The average molecular weight is 219 g/mol. The maximum Gasteiger partial charge on any atom is 0.273 e. The van der Waals surface area contributed by atoms with Gasteiger partial charge in [0, 0.05) is 18.3 Å². The van der Waals surface area contributed by atoms with Crippen LogP contribution in [0.3, 0.4) is 0 Å². The molecule has 2 atom stereocenters. The van der Waals surface area contributed by atoms with Gasteiger partial charge in [-0.15, -0.1) is 0 Å². The largest absolute Gasteiger partial charge is 0.332 e. The third-order valence-corrected chi connectivity index (χ3v) is 3.23. The molecular formula is C12H17N3O. The van der Waals surface area contributed by atoms with Crippen molar-refractivity contribution < 1.29 is 4.79 Å². The molecule has 1 saturated heterocycles. The van der Waals surface area contributed by atoms with Crippen molar-refractivity contribution in [3.05, 3.63) is 24.3 Å². The SMILES string of the molecule is CC1CCCC(C)N1C(=O)c1ccncn1. The molecule has 1 aliphatic heterocycles. The zero-order valence-corrected chi connectivity index (χ0v) is 9.76. The van der Waals surface area contributed by atoms with Crippen LogP contribution in [0.4, 0.5) is 0 Å².